The van der Waals surface area contributed by atoms with Crippen LogP contribution in [0, 0.1) is 0 Å². The van der Waals surface area contributed by atoms with Gasteiger partial charge in [0, 0.05) is 37.2 Å². The SMILES string of the molecule is CC(=O)Nc1cccc(C(=O)N2CC[C@H](n3cc(-c4nc(C5CC5)no4)nn3)C2)c1. The summed E-state index contributed by atoms with van der Waals surface area (Å²) in [6.07, 6.45) is 4.77. The zero-order chi connectivity index (χ0) is 20.7. The Bertz CT molecular complexity index is 1100. The molecule has 0 bridgehead atoms. The molecule has 1 aliphatic carbocycles. The molecule has 154 valence electrons. The Labute approximate surface area is 172 Å². The molecule has 1 saturated carbocycles. The number of hydrogen-bond acceptors (Lipinski definition) is 7. The van der Waals surface area contributed by atoms with Gasteiger partial charge in [0.05, 0.1) is 12.2 Å². The summed E-state index contributed by atoms with van der Waals surface area (Å²) in [5, 5.41) is 15.1. The van der Waals surface area contributed by atoms with E-state index in [0.29, 0.717) is 41.8 Å². The summed E-state index contributed by atoms with van der Waals surface area (Å²) in [7, 11) is 0. The summed E-state index contributed by atoms with van der Waals surface area (Å²) in [6, 6.07) is 6.99. The van der Waals surface area contributed by atoms with Gasteiger partial charge in [-0.3, -0.25) is 9.59 Å². The van der Waals surface area contributed by atoms with Crippen LogP contribution >= 0.6 is 0 Å². The molecule has 0 spiro atoms. The van der Waals surface area contributed by atoms with Crippen molar-refractivity contribution in [1.82, 2.24) is 30.0 Å². The third-order valence-corrected chi connectivity index (χ3v) is 5.37. The fraction of sp³-hybridized carbons (Fsp3) is 0.400. The number of hydrogen-bond donors (Lipinski definition) is 1. The van der Waals surface area contributed by atoms with Gasteiger partial charge in [-0.1, -0.05) is 16.4 Å². The number of nitrogens with zero attached hydrogens (tertiary/aromatic N) is 6. The smallest absolute Gasteiger partial charge is 0.280 e. The van der Waals surface area contributed by atoms with Crippen LogP contribution in [0.15, 0.2) is 35.0 Å². The van der Waals surface area contributed by atoms with Gasteiger partial charge in [-0.25, -0.2) is 4.68 Å². The summed E-state index contributed by atoms with van der Waals surface area (Å²) >= 11 is 0. The van der Waals surface area contributed by atoms with Crippen LogP contribution in [-0.4, -0.2) is 54.9 Å². The lowest BCUT2D eigenvalue weighted by molar-refractivity contribution is -0.114. The van der Waals surface area contributed by atoms with Gasteiger partial charge >= 0.3 is 0 Å². The van der Waals surface area contributed by atoms with Gasteiger partial charge in [0.15, 0.2) is 11.5 Å². The maximum Gasteiger partial charge on any atom is 0.280 e. The van der Waals surface area contributed by atoms with E-state index in [0.717, 1.165) is 25.1 Å². The maximum atomic E-state index is 12.9. The first-order valence-electron chi connectivity index (χ1n) is 9.99. The molecule has 1 saturated heterocycles. The van der Waals surface area contributed by atoms with Crippen molar-refractivity contribution in [3.63, 3.8) is 0 Å². The topological polar surface area (TPSA) is 119 Å². The van der Waals surface area contributed by atoms with Gasteiger partial charge in [-0.2, -0.15) is 4.98 Å². The van der Waals surface area contributed by atoms with E-state index in [9.17, 15) is 9.59 Å². The highest BCUT2D eigenvalue weighted by atomic mass is 16.5. The zero-order valence-electron chi connectivity index (χ0n) is 16.5. The normalized spacial score (nSPS) is 18.6. The number of carbonyl (C=O) groups excluding carboxylic acids is 2. The Hall–Kier alpha value is -3.56. The Balaban J connectivity index is 1.26. The van der Waals surface area contributed by atoms with E-state index in [4.69, 9.17) is 4.52 Å². The largest absolute Gasteiger partial charge is 0.336 e. The highest BCUT2D eigenvalue weighted by Gasteiger charge is 2.31. The third kappa shape index (κ3) is 3.68. The lowest BCUT2D eigenvalue weighted by Crippen LogP contribution is -2.29. The Morgan fingerprint density at radius 1 is 1.23 bits per heavy atom. The summed E-state index contributed by atoms with van der Waals surface area (Å²) in [4.78, 5) is 30.3. The van der Waals surface area contributed by atoms with Crippen molar-refractivity contribution in [2.24, 2.45) is 0 Å². The summed E-state index contributed by atoms with van der Waals surface area (Å²) in [6.45, 7) is 2.59. The molecule has 30 heavy (non-hydrogen) atoms. The fourth-order valence-electron chi connectivity index (χ4n) is 3.66. The number of carbonyl (C=O) groups is 2. The summed E-state index contributed by atoms with van der Waals surface area (Å²) in [5.74, 6) is 1.28. The van der Waals surface area contributed by atoms with E-state index >= 15 is 0 Å². The zero-order valence-corrected chi connectivity index (χ0v) is 16.5. The van der Waals surface area contributed by atoms with Crippen LogP contribution in [0.1, 0.15) is 54.3 Å². The number of benzene rings is 1. The first-order chi connectivity index (χ1) is 14.6. The molecule has 10 nitrogen and oxygen atoms in total. The van der Waals surface area contributed by atoms with Crippen molar-refractivity contribution in [3.8, 4) is 11.6 Å². The monoisotopic (exact) mass is 407 g/mol. The van der Waals surface area contributed by atoms with Gasteiger partial charge in [0.1, 0.15) is 0 Å². The van der Waals surface area contributed by atoms with Crippen LogP contribution in [0.4, 0.5) is 5.69 Å². The lowest BCUT2D eigenvalue weighted by Gasteiger charge is -2.17. The quantitative estimate of drug-likeness (QED) is 0.689. The van der Waals surface area contributed by atoms with E-state index in [-0.39, 0.29) is 17.9 Å². The van der Waals surface area contributed by atoms with Crippen molar-refractivity contribution in [3.05, 3.63) is 41.9 Å². The molecule has 0 unspecified atom stereocenters. The molecular weight excluding hydrogens is 386 g/mol. The number of aromatic nitrogens is 5. The van der Waals surface area contributed by atoms with E-state index in [2.05, 4.69) is 25.8 Å². The number of rotatable bonds is 5. The highest BCUT2D eigenvalue weighted by Crippen LogP contribution is 2.38. The highest BCUT2D eigenvalue weighted by molar-refractivity contribution is 5.97. The predicted octanol–water partition coefficient (Wildman–Crippen LogP) is 2.25. The average Bonchev–Trinajstić information content (AvgIpc) is 3.16. The molecular formula is C20H21N7O3. The molecule has 1 N–H and O–H groups in total. The Morgan fingerprint density at radius 2 is 2.10 bits per heavy atom. The van der Waals surface area contributed by atoms with Crippen LogP contribution in [0.25, 0.3) is 11.6 Å². The predicted molar refractivity (Wildman–Crippen MR) is 106 cm³/mol. The minimum Gasteiger partial charge on any atom is -0.336 e. The van der Waals surface area contributed by atoms with E-state index < -0.39 is 0 Å². The first kappa shape index (κ1) is 18.5. The van der Waals surface area contributed by atoms with Gasteiger partial charge in [0.2, 0.25) is 5.91 Å². The van der Waals surface area contributed by atoms with Crippen LogP contribution in [0.5, 0.6) is 0 Å². The number of likely N-dealkylation sites (tertiary alicyclic amines) is 1. The van der Waals surface area contributed by atoms with Gasteiger partial charge in [-0.15, -0.1) is 5.10 Å². The minimum atomic E-state index is -0.173. The molecule has 2 fully saturated rings. The van der Waals surface area contributed by atoms with Crippen molar-refractivity contribution >= 4 is 17.5 Å². The molecule has 2 aromatic heterocycles. The molecule has 10 heteroatoms. The molecule has 1 aromatic carbocycles. The van der Waals surface area contributed by atoms with Crippen LogP contribution < -0.4 is 5.32 Å². The molecule has 0 radical (unpaired) electrons. The van der Waals surface area contributed by atoms with E-state index in [1.54, 1.807) is 40.0 Å². The number of amides is 2. The second-order valence-electron chi connectivity index (χ2n) is 7.77. The Kier molecular flexibility index (Phi) is 4.53. The molecule has 3 aromatic rings. The molecule has 1 atom stereocenters. The van der Waals surface area contributed by atoms with Crippen molar-refractivity contribution in [1.29, 1.82) is 0 Å². The molecule has 2 amide bonds. The van der Waals surface area contributed by atoms with Crippen molar-refractivity contribution in [2.75, 3.05) is 18.4 Å². The molecule has 2 aliphatic rings. The van der Waals surface area contributed by atoms with E-state index in [1.165, 1.54) is 6.92 Å². The summed E-state index contributed by atoms with van der Waals surface area (Å²) in [5.41, 5.74) is 1.69. The second-order valence-corrected chi connectivity index (χ2v) is 7.77. The van der Waals surface area contributed by atoms with Gasteiger partial charge in [0.25, 0.3) is 11.8 Å². The third-order valence-electron chi connectivity index (χ3n) is 5.37. The first-order valence-corrected chi connectivity index (χ1v) is 9.99. The second kappa shape index (κ2) is 7.36. The standard InChI is InChI=1S/C20H21N7O3/c1-12(28)21-15-4-2-3-14(9-15)20(29)26-8-7-16(10-26)27-11-17(23-25-27)19-22-18(24-30-19)13-5-6-13/h2-4,9,11,13,16H,5-8,10H2,1H3,(H,21,28)/t16-/m0/s1. The van der Waals surface area contributed by atoms with Gasteiger partial charge < -0.3 is 14.7 Å². The van der Waals surface area contributed by atoms with E-state index in [1.807, 2.05) is 0 Å². The molecule has 1 aliphatic heterocycles. The lowest BCUT2D eigenvalue weighted by atomic mass is 10.1. The molecule has 3 heterocycles. The minimum absolute atomic E-state index is 0.0274. The van der Waals surface area contributed by atoms with Crippen LogP contribution in [-0.2, 0) is 4.79 Å². The number of anilines is 1. The number of nitrogens with one attached hydrogen (secondary N) is 1. The van der Waals surface area contributed by atoms with Crippen LogP contribution in [0.3, 0.4) is 0 Å². The average molecular weight is 407 g/mol. The van der Waals surface area contributed by atoms with Crippen LogP contribution in [0.2, 0.25) is 0 Å². The maximum absolute atomic E-state index is 12.9. The van der Waals surface area contributed by atoms with Gasteiger partial charge in [-0.05, 0) is 37.5 Å². The fourth-order valence-corrected chi connectivity index (χ4v) is 3.66. The van der Waals surface area contributed by atoms with Crippen molar-refractivity contribution in [2.45, 2.75) is 38.1 Å². The molecule has 5 rings (SSSR count). The summed E-state index contributed by atoms with van der Waals surface area (Å²) < 4.78 is 7.07. The van der Waals surface area contributed by atoms with Crippen molar-refractivity contribution < 1.29 is 14.1 Å². The Morgan fingerprint density at radius 3 is 2.90 bits per heavy atom.